The van der Waals surface area contributed by atoms with Crippen LogP contribution >= 0.6 is 0 Å². The summed E-state index contributed by atoms with van der Waals surface area (Å²) in [5.41, 5.74) is 0.622. The van der Waals surface area contributed by atoms with E-state index < -0.39 is 11.3 Å². The Morgan fingerprint density at radius 2 is 1.92 bits per heavy atom. The van der Waals surface area contributed by atoms with Crippen LogP contribution in [0.25, 0.3) is 11.0 Å². The van der Waals surface area contributed by atoms with Crippen LogP contribution in [-0.2, 0) is 21.5 Å². The summed E-state index contributed by atoms with van der Waals surface area (Å²) in [7, 11) is 1.55. The fraction of sp³-hybridized carbons (Fsp3) is 0.407. The first kappa shape index (κ1) is 23.5. The molecular formula is C27H29N5O5. The molecule has 0 spiro atoms. The Balaban J connectivity index is 1.31. The van der Waals surface area contributed by atoms with Gasteiger partial charge in [-0.3, -0.25) is 19.7 Å². The number of hydrogen-bond donors (Lipinski definition) is 1. The molecule has 192 valence electrons. The first-order chi connectivity index (χ1) is 17.9. The largest absolute Gasteiger partial charge is 0.497 e. The minimum atomic E-state index is -1.31. The van der Waals surface area contributed by atoms with Gasteiger partial charge in [0, 0.05) is 50.2 Å². The van der Waals surface area contributed by atoms with Crippen molar-refractivity contribution in [1.82, 2.24) is 20.1 Å². The lowest BCUT2D eigenvalue weighted by molar-refractivity contribution is -0.127. The number of anilines is 1. The van der Waals surface area contributed by atoms with Crippen LogP contribution in [0.4, 0.5) is 5.82 Å². The smallest absolute Gasteiger partial charge is 0.254 e. The quantitative estimate of drug-likeness (QED) is 0.509. The summed E-state index contributed by atoms with van der Waals surface area (Å²) in [5.74, 6) is 0.768. The molecule has 2 fully saturated rings. The van der Waals surface area contributed by atoms with Crippen molar-refractivity contribution in [2.45, 2.75) is 25.3 Å². The van der Waals surface area contributed by atoms with Gasteiger partial charge in [-0.2, -0.15) is 0 Å². The number of nitrogens with zero attached hydrogens (tertiary/aromatic N) is 4. The Kier molecular flexibility index (Phi) is 5.63. The highest BCUT2D eigenvalue weighted by Gasteiger charge is 2.53. The number of piperazine rings is 1. The fourth-order valence-corrected chi connectivity index (χ4v) is 5.61. The van der Waals surface area contributed by atoms with Crippen LogP contribution < -0.4 is 15.0 Å². The van der Waals surface area contributed by atoms with Gasteiger partial charge in [0.25, 0.3) is 5.91 Å². The van der Waals surface area contributed by atoms with Crippen molar-refractivity contribution in [3.05, 3.63) is 53.4 Å². The topological polar surface area (TPSA) is 108 Å². The van der Waals surface area contributed by atoms with Crippen molar-refractivity contribution in [2.24, 2.45) is 0 Å². The highest BCUT2D eigenvalue weighted by Crippen LogP contribution is 2.39. The normalized spacial score (nSPS) is 22.2. The van der Waals surface area contributed by atoms with Gasteiger partial charge in [-0.05, 0) is 36.4 Å². The van der Waals surface area contributed by atoms with Gasteiger partial charge in [-0.15, -0.1) is 0 Å². The van der Waals surface area contributed by atoms with Gasteiger partial charge in [-0.1, -0.05) is 13.0 Å². The molecule has 0 radical (unpaired) electrons. The van der Waals surface area contributed by atoms with Gasteiger partial charge >= 0.3 is 0 Å². The van der Waals surface area contributed by atoms with Crippen LogP contribution in [0.3, 0.4) is 0 Å². The zero-order valence-corrected chi connectivity index (χ0v) is 21.0. The lowest BCUT2D eigenvalue weighted by Crippen LogP contribution is -2.46. The van der Waals surface area contributed by atoms with Gasteiger partial charge in [0.15, 0.2) is 5.58 Å². The molecule has 1 atom stereocenters. The van der Waals surface area contributed by atoms with Gasteiger partial charge < -0.3 is 23.9 Å². The van der Waals surface area contributed by atoms with Crippen LogP contribution in [0.15, 0.2) is 40.9 Å². The fourth-order valence-electron chi connectivity index (χ4n) is 5.61. The molecule has 10 heteroatoms. The summed E-state index contributed by atoms with van der Waals surface area (Å²) >= 11 is 0. The summed E-state index contributed by atoms with van der Waals surface area (Å²) in [6.07, 6.45) is 1.58. The van der Waals surface area contributed by atoms with Gasteiger partial charge in [0.2, 0.25) is 11.8 Å². The van der Waals surface area contributed by atoms with Gasteiger partial charge in [-0.25, -0.2) is 4.98 Å². The van der Waals surface area contributed by atoms with Crippen LogP contribution in [0.2, 0.25) is 0 Å². The lowest BCUT2D eigenvalue weighted by Gasteiger charge is -2.34. The number of furan rings is 1. The van der Waals surface area contributed by atoms with E-state index in [2.05, 4.69) is 27.0 Å². The standard InChI is InChI=1S/C27H29N5O5/c1-3-30-6-8-31(9-7-30)23-11-18-10-22(37-21(18)14-28-23)27(13-24(33)29-26(27)35)16-32-15-17-4-5-19(36-2)12-20(17)25(32)34/h4-5,10-12,14H,3,6-9,13,15-16H2,1-2H3,(H,29,33,35)/t27-/m1/s1. The molecule has 3 amide bonds. The monoisotopic (exact) mass is 503 g/mol. The number of hydrogen-bond acceptors (Lipinski definition) is 8. The highest BCUT2D eigenvalue weighted by atomic mass is 16.5. The Hall–Kier alpha value is -3.92. The molecule has 1 aromatic carbocycles. The predicted octanol–water partition coefficient (Wildman–Crippen LogP) is 1.92. The molecule has 37 heavy (non-hydrogen) atoms. The minimum absolute atomic E-state index is 0.0273. The second kappa shape index (κ2) is 8.88. The van der Waals surface area contributed by atoms with Crippen LogP contribution in [0.1, 0.15) is 35.0 Å². The number of carbonyl (C=O) groups excluding carboxylic acids is 3. The van der Waals surface area contributed by atoms with E-state index in [1.54, 1.807) is 24.3 Å². The number of amides is 3. The molecular weight excluding hydrogens is 474 g/mol. The van der Waals surface area contributed by atoms with Crippen molar-refractivity contribution in [3.63, 3.8) is 0 Å². The average molecular weight is 504 g/mol. The molecule has 10 nitrogen and oxygen atoms in total. The second-order valence-corrected chi connectivity index (χ2v) is 9.93. The van der Waals surface area contributed by atoms with Crippen molar-refractivity contribution >= 4 is 34.5 Å². The number of nitrogens with one attached hydrogen (secondary N) is 1. The molecule has 0 unspecified atom stereocenters. The Labute approximate surface area is 214 Å². The number of aromatic nitrogens is 1. The van der Waals surface area contributed by atoms with Crippen LogP contribution in [0, 0.1) is 0 Å². The summed E-state index contributed by atoms with van der Waals surface area (Å²) in [4.78, 5) is 49.8. The van der Waals surface area contributed by atoms with E-state index in [1.807, 2.05) is 24.3 Å². The van der Waals surface area contributed by atoms with E-state index in [1.165, 1.54) is 0 Å². The lowest BCUT2D eigenvalue weighted by atomic mass is 9.82. The molecule has 0 bridgehead atoms. The number of benzene rings is 1. The molecule has 1 N–H and O–H groups in total. The minimum Gasteiger partial charge on any atom is -0.497 e. The third kappa shape index (κ3) is 3.92. The highest BCUT2D eigenvalue weighted by molar-refractivity contribution is 6.10. The molecule has 5 heterocycles. The van der Waals surface area contributed by atoms with Crippen LogP contribution in [-0.4, -0.2) is 78.9 Å². The molecule has 3 aliphatic heterocycles. The number of carbonyl (C=O) groups is 3. The molecule has 3 aliphatic rings. The Morgan fingerprint density at radius 3 is 2.62 bits per heavy atom. The number of pyridine rings is 1. The third-order valence-corrected chi connectivity index (χ3v) is 7.81. The summed E-state index contributed by atoms with van der Waals surface area (Å²) in [6.45, 7) is 7.31. The average Bonchev–Trinajstić information content (AvgIpc) is 3.57. The number of likely N-dealkylation sites (N-methyl/N-ethyl adjacent to an activating group) is 1. The number of methoxy groups -OCH3 is 1. The predicted molar refractivity (Wildman–Crippen MR) is 136 cm³/mol. The van der Waals surface area contributed by atoms with E-state index in [-0.39, 0.29) is 24.8 Å². The molecule has 2 aromatic heterocycles. The van der Waals surface area contributed by atoms with E-state index >= 15 is 0 Å². The van der Waals surface area contributed by atoms with Crippen molar-refractivity contribution in [1.29, 1.82) is 0 Å². The van der Waals surface area contributed by atoms with Gasteiger partial charge in [0.1, 0.15) is 22.7 Å². The molecule has 6 rings (SSSR count). The third-order valence-electron chi connectivity index (χ3n) is 7.81. The maximum absolute atomic E-state index is 13.3. The van der Waals surface area contributed by atoms with E-state index in [0.717, 1.165) is 49.5 Å². The maximum Gasteiger partial charge on any atom is 0.254 e. The second-order valence-electron chi connectivity index (χ2n) is 9.93. The van der Waals surface area contributed by atoms with E-state index in [9.17, 15) is 14.4 Å². The zero-order valence-electron chi connectivity index (χ0n) is 21.0. The molecule has 0 aliphatic carbocycles. The summed E-state index contributed by atoms with van der Waals surface area (Å²) < 4.78 is 11.4. The molecule has 3 aromatic rings. The Bertz CT molecular complexity index is 1410. The maximum atomic E-state index is 13.3. The molecule has 2 saturated heterocycles. The first-order valence-corrected chi connectivity index (χ1v) is 12.6. The van der Waals surface area contributed by atoms with Crippen molar-refractivity contribution in [3.8, 4) is 5.75 Å². The Morgan fingerprint density at radius 1 is 1.11 bits per heavy atom. The van der Waals surface area contributed by atoms with E-state index in [4.69, 9.17) is 9.15 Å². The number of rotatable bonds is 6. The summed E-state index contributed by atoms with van der Waals surface area (Å²) in [6, 6.07) is 9.16. The SMILES string of the molecule is CCN1CCN(c2cc3cc([C@]4(CN5Cc6ccc(OC)cc6C5=O)CC(=O)NC4=O)oc3cn2)CC1. The first-order valence-electron chi connectivity index (χ1n) is 12.6. The van der Waals surface area contributed by atoms with Crippen molar-refractivity contribution < 1.29 is 23.5 Å². The van der Waals surface area contributed by atoms with E-state index in [0.29, 0.717) is 29.2 Å². The number of ether oxygens (including phenoxy) is 1. The van der Waals surface area contributed by atoms with Crippen LogP contribution in [0.5, 0.6) is 5.75 Å². The number of imide groups is 1. The zero-order chi connectivity index (χ0) is 25.7. The molecule has 0 saturated carbocycles. The number of fused-ring (bicyclic) bond motifs is 2. The summed E-state index contributed by atoms with van der Waals surface area (Å²) in [5, 5.41) is 3.24. The van der Waals surface area contributed by atoms with Crippen molar-refractivity contribution in [2.75, 3.05) is 51.3 Å². The van der Waals surface area contributed by atoms with Gasteiger partial charge in [0.05, 0.1) is 19.7 Å².